The Morgan fingerprint density at radius 3 is 1.29 bits per heavy atom. The van der Waals surface area contributed by atoms with Crippen LogP contribution in [0.25, 0.3) is 11.1 Å². The topological polar surface area (TPSA) is 12.5 Å². The number of rotatable bonds is 24. The number of hydrogen-bond donors (Lipinski definition) is 0. The van der Waals surface area contributed by atoms with E-state index in [0.29, 0.717) is 6.61 Å². The minimum atomic E-state index is -1.73. The Kier molecular flexibility index (Phi) is 17.4. The molecule has 0 fully saturated rings. The average Bonchev–Trinajstić information content (AvgIpc) is 3.26. The van der Waals surface area contributed by atoms with E-state index in [4.69, 9.17) is 4.74 Å². The summed E-state index contributed by atoms with van der Waals surface area (Å²) in [6.45, 7) is 1.58. The van der Waals surface area contributed by atoms with Gasteiger partial charge in [0.1, 0.15) is 12.4 Å². The molecular weight excluding hydrogens is 722 g/mol. The second-order valence-corrected chi connectivity index (χ2v) is 21.1. The number of ether oxygens (including phenoxy) is 1. The van der Waals surface area contributed by atoms with Crippen molar-refractivity contribution in [3.05, 3.63) is 209 Å². The van der Waals surface area contributed by atoms with Crippen LogP contribution in [-0.4, -0.2) is 38.3 Å². The van der Waals surface area contributed by atoms with E-state index in [-0.39, 0.29) is 0 Å². The van der Waals surface area contributed by atoms with Crippen LogP contribution in [0.3, 0.4) is 0 Å². The van der Waals surface area contributed by atoms with Gasteiger partial charge in [-0.3, -0.25) is 0 Å². The molecule has 0 atom stereocenters. The fourth-order valence-corrected chi connectivity index (χ4v) is 13.8. The van der Waals surface area contributed by atoms with Gasteiger partial charge in [0, 0.05) is 6.54 Å². The van der Waals surface area contributed by atoms with Crippen LogP contribution in [0.5, 0.6) is 5.75 Å². The molecule has 0 heterocycles. The van der Waals surface area contributed by atoms with Crippen molar-refractivity contribution in [2.45, 2.75) is 76.3 Å². The van der Waals surface area contributed by atoms with Crippen LogP contribution in [0.1, 0.15) is 91.2 Å². The fraction of sp³-hybridized carbons (Fsp3) is 0.309. The van der Waals surface area contributed by atoms with Crippen molar-refractivity contribution in [2.24, 2.45) is 0 Å². The van der Waals surface area contributed by atoms with Gasteiger partial charge in [0.2, 0.25) is 0 Å². The maximum absolute atomic E-state index is 6.06. The summed E-state index contributed by atoms with van der Waals surface area (Å²) in [5.74, 6) is 0.923. The van der Waals surface area contributed by atoms with Crippen LogP contribution >= 0.6 is 7.26 Å². The van der Waals surface area contributed by atoms with Crippen molar-refractivity contribution in [2.75, 3.05) is 33.4 Å². The summed E-state index contributed by atoms with van der Waals surface area (Å²) < 4.78 is 6.06. The van der Waals surface area contributed by atoms with E-state index >= 15 is 0 Å². The number of likely N-dealkylation sites (N-methyl/N-ethyl adjacent to an activating group) is 1. The Labute approximate surface area is 351 Å². The normalized spacial score (nSPS) is 12.3. The molecule has 2 nitrogen and oxygen atoms in total. The van der Waals surface area contributed by atoms with Gasteiger partial charge in [-0.2, -0.15) is 0 Å². The SMILES string of the molecule is CN(C)CCOc1ccc(/C(=C(/CCCCCCCCCC[PH](Cc2ccccc2)(Cc2ccccc2)Cc2ccccc2)c2ccccc2)c2ccccc2)cc1. The Morgan fingerprint density at radius 2 is 0.828 bits per heavy atom. The number of hydrogen-bond acceptors (Lipinski definition) is 2. The first-order chi connectivity index (χ1) is 28.6. The van der Waals surface area contributed by atoms with Gasteiger partial charge >= 0.3 is 214 Å². The molecule has 0 spiro atoms. The van der Waals surface area contributed by atoms with Crippen molar-refractivity contribution in [3.63, 3.8) is 0 Å². The molecule has 0 amide bonds. The molecule has 0 saturated heterocycles. The summed E-state index contributed by atoms with van der Waals surface area (Å²) in [6.07, 6.45) is 16.6. The third-order valence-electron chi connectivity index (χ3n) is 11.6. The van der Waals surface area contributed by atoms with E-state index in [1.165, 1.54) is 121 Å². The fourth-order valence-electron chi connectivity index (χ4n) is 8.64. The summed E-state index contributed by atoms with van der Waals surface area (Å²) in [5, 5.41) is 0. The molecule has 0 aliphatic rings. The van der Waals surface area contributed by atoms with Crippen LogP contribution in [0, 0.1) is 0 Å². The molecule has 0 aliphatic heterocycles. The molecule has 0 saturated carbocycles. The molecule has 0 aliphatic carbocycles. The summed E-state index contributed by atoms with van der Waals surface area (Å²) >= 11 is 0. The van der Waals surface area contributed by atoms with Gasteiger partial charge in [-0.25, -0.2) is 0 Å². The van der Waals surface area contributed by atoms with Gasteiger partial charge in [-0.1, -0.05) is 72.8 Å². The molecule has 58 heavy (non-hydrogen) atoms. The van der Waals surface area contributed by atoms with Crippen molar-refractivity contribution < 1.29 is 4.74 Å². The Bertz CT molecular complexity index is 1930. The first kappa shape index (κ1) is 42.8. The first-order valence-electron chi connectivity index (χ1n) is 21.9. The molecule has 0 N–H and O–H groups in total. The van der Waals surface area contributed by atoms with Crippen LogP contribution in [-0.2, 0) is 18.5 Å². The van der Waals surface area contributed by atoms with Gasteiger partial charge < -0.3 is 9.64 Å². The number of unbranched alkanes of at least 4 members (excludes halogenated alkanes) is 7. The molecule has 3 heteroatoms. The van der Waals surface area contributed by atoms with E-state index in [0.717, 1.165) is 18.7 Å². The van der Waals surface area contributed by atoms with E-state index in [1.807, 2.05) is 0 Å². The number of benzene rings is 6. The van der Waals surface area contributed by atoms with Crippen LogP contribution < -0.4 is 4.74 Å². The first-order valence-corrected chi connectivity index (χ1v) is 24.7. The number of nitrogens with zero attached hydrogens (tertiary/aromatic N) is 1. The minimum Gasteiger partial charge on any atom is -0.0622 e. The quantitative estimate of drug-likeness (QED) is 0.0344. The standard InChI is InChI=1S/C55H66NOP/c1-56(2)41-42-57-53-39-37-52(38-40-53)55(51-34-22-13-23-35-51)54(50-32-20-12-21-33-50)36-24-7-5-3-4-6-8-25-43-58(44-47-26-14-9-15-27-47,45-48-28-16-10-17-29-48)46-49-30-18-11-19-31-49/h9-23,26-35,37-40,58H,3-8,24-25,36,41-46H2,1-2H3/b55-54-. The molecule has 0 radical (unpaired) electrons. The van der Waals surface area contributed by atoms with Crippen molar-refractivity contribution in [1.82, 2.24) is 4.90 Å². The summed E-state index contributed by atoms with van der Waals surface area (Å²) in [5.41, 5.74) is 11.1. The van der Waals surface area contributed by atoms with Gasteiger partial charge in [0.05, 0.1) is 0 Å². The molecular formula is C55H66NOP. The molecule has 0 aromatic heterocycles. The van der Waals surface area contributed by atoms with Crippen LogP contribution in [0.4, 0.5) is 0 Å². The smallest absolute Gasteiger partial charge is 0.0622 e. The zero-order valence-corrected chi connectivity index (χ0v) is 36.2. The predicted octanol–water partition coefficient (Wildman–Crippen LogP) is 14.4. The molecule has 302 valence electrons. The monoisotopic (exact) mass is 787 g/mol. The summed E-state index contributed by atoms with van der Waals surface area (Å²) in [4.78, 5) is 2.15. The third kappa shape index (κ3) is 14.0. The van der Waals surface area contributed by atoms with E-state index in [1.54, 1.807) is 0 Å². The predicted molar refractivity (Wildman–Crippen MR) is 254 cm³/mol. The zero-order valence-electron chi connectivity index (χ0n) is 35.2. The van der Waals surface area contributed by atoms with E-state index < -0.39 is 7.26 Å². The Morgan fingerprint density at radius 1 is 0.431 bits per heavy atom. The molecule has 0 bridgehead atoms. The third-order valence-corrected chi connectivity index (χ3v) is 16.5. The van der Waals surface area contributed by atoms with Crippen molar-refractivity contribution in [1.29, 1.82) is 0 Å². The molecule has 6 aromatic rings. The minimum absolute atomic E-state index is 0.684. The molecule has 6 aromatic carbocycles. The van der Waals surface area contributed by atoms with Gasteiger partial charge in [-0.15, -0.1) is 0 Å². The summed E-state index contributed by atoms with van der Waals surface area (Å²) in [6, 6.07) is 64.8. The molecule has 6 rings (SSSR count). The number of allylic oxidation sites excluding steroid dienone is 1. The Hall–Kier alpha value is -4.75. The Balaban J connectivity index is 1.05. The van der Waals surface area contributed by atoms with Crippen molar-refractivity contribution >= 4 is 18.4 Å². The van der Waals surface area contributed by atoms with Gasteiger partial charge in [-0.05, 0) is 37.4 Å². The van der Waals surface area contributed by atoms with Gasteiger partial charge in [0.15, 0.2) is 0 Å². The summed E-state index contributed by atoms with van der Waals surface area (Å²) in [7, 11) is 2.43. The second kappa shape index (κ2) is 23.6. The zero-order chi connectivity index (χ0) is 40.1. The molecule has 0 unspecified atom stereocenters. The van der Waals surface area contributed by atoms with Gasteiger partial charge in [0.25, 0.3) is 0 Å². The van der Waals surface area contributed by atoms with Crippen LogP contribution in [0.2, 0.25) is 0 Å². The average molecular weight is 788 g/mol. The van der Waals surface area contributed by atoms with E-state index in [9.17, 15) is 0 Å². The second-order valence-electron chi connectivity index (χ2n) is 16.6. The van der Waals surface area contributed by atoms with Crippen LogP contribution in [0.15, 0.2) is 176 Å². The van der Waals surface area contributed by atoms with Crippen molar-refractivity contribution in [3.8, 4) is 5.75 Å². The van der Waals surface area contributed by atoms with E-state index in [2.05, 4.69) is 195 Å². The maximum atomic E-state index is 6.06.